The number of benzene rings is 3. The number of aliphatic hydroxyl groups is 1. The second-order valence-corrected chi connectivity index (χ2v) is 8.09. The van der Waals surface area contributed by atoms with Gasteiger partial charge in [0.1, 0.15) is 11.9 Å². The standard InChI is InChI=1S/C23H21NO4S/c1-17-7-14-20(15-8-17)29(26,27)24-22-6-4-3-5-21(22)23(25)16-11-18-9-12-19(28-2)13-10-18/h3-10,12-15,23-25H,1-2H3. The molecule has 0 aliphatic heterocycles. The maximum atomic E-state index is 12.7. The summed E-state index contributed by atoms with van der Waals surface area (Å²) < 4.78 is 33.0. The molecule has 0 saturated heterocycles. The van der Waals surface area contributed by atoms with Crippen molar-refractivity contribution in [2.45, 2.75) is 17.9 Å². The summed E-state index contributed by atoms with van der Waals surface area (Å²) >= 11 is 0. The molecule has 29 heavy (non-hydrogen) atoms. The van der Waals surface area contributed by atoms with E-state index in [1.165, 1.54) is 0 Å². The first-order valence-corrected chi connectivity index (χ1v) is 10.4. The van der Waals surface area contributed by atoms with E-state index >= 15 is 0 Å². The molecule has 0 saturated carbocycles. The van der Waals surface area contributed by atoms with Crippen LogP contribution in [0.4, 0.5) is 5.69 Å². The summed E-state index contributed by atoms with van der Waals surface area (Å²) in [7, 11) is -2.20. The molecule has 1 unspecified atom stereocenters. The lowest BCUT2D eigenvalue weighted by atomic mass is 10.1. The first-order valence-electron chi connectivity index (χ1n) is 8.91. The summed E-state index contributed by atoms with van der Waals surface area (Å²) in [6, 6.07) is 20.3. The van der Waals surface area contributed by atoms with Crippen molar-refractivity contribution in [2.75, 3.05) is 11.8 Å². The maximum Gasteiger partial charge on any atom is 0.261 e. The molecule has 0 aliphatic rings. The fourth-order valence-corrected chi connectivity index (χ4v) is 3.74. The van der Waals surface area contributed by atoms with Crippen LogP contribution in [0.3, 0.4) is 0 Å². The average Bonchev–Trinajstić information content (AvgIpc) is 2.73. The number of ether oxygens (including phenoxy) is 1. The molecule has 0 spiro atoms. The van der Waals surface area contributed by atoms with Crippen LogP contribution in [0.15, 0.2) is 77.7 Å². The lowest BCUT2D eigenvalue weighted by molar-refractivity contribution is 0.239. The largest absolute Gasteiger partial charge is 0.497 e. The number of aliphatic hydroxyl groups excluding tert-OH is 1. The molecule has 3 rings (SSSR count). The Balaban J connectivity index is 1.84. The molecule has 6 heteroatoms. The molecule has 0 radical (unpaired) electrons. The van der Waals surface area contributed by atoms with Gasteiger partial charge in [0.05, 0.1) is 17.7 Å². The van der Waals surface area contributed by atoms with E-state index in [2.05, 4.69) is 16.6 Å². The highest BCUT2D eigenvalue weighted by molar-refractivity contribution is 7.92. The third kappa shape index (κ3) is 5.17. The molecule has 0 fully saturated rings. The zero-order valence-electron chi connectivity index (χ0n) is 16.1. The normalized spacial score (nSPS) is 11.8. The van der Waals surface area contributed by atoms with Crippen molar-refractivity contribution in [1.82, 2.24) is 0 Å². The molecule has 0 bridgehead atoms. The Morgan fingerprint density at radius 1 is 0.966 bits per heavy atom. The van der Waals surface area contributed by atoms with Gasteiger partial charge in [-0.25, -0.2) is 8.42 Å². The summed E-state index contributed by atoms with van der Waals surface area (Å²) in [5.41, 5.74) is 2.34. The first kappa shape index (κ1) is 20.5. The number of anilines is 1. The zero-order chi connectivity index (χ0) is 20.9. The molecule has 3 aromatic rings. The van der Waals surface area contributed by atoms with Crippen molar-refractivity contribution >= 4 is 15.7 Å². The Hall–Kier alpha value is -3.27. The third-order valence-corrected chi connectivity index (χ3v) is 5.66. The van der Waals surface area contributed by atoms with E-state index < -0.39 is 16.1 Å². The summed E-state index contributed by atoms with van der Waals surface area (Å²) in [6.45, 7) is 1.89. The Labute approximate surface area is 171 Å². The average molecular weight is 407 g/mol. The van der Waals surface area contributed by atoms with E-state index in [1.807, 2.05) is 6.92 Å². The predicted octanol–water partition coefficient (Wildman–Crippen LogP) is 3.89. The molecular formula is C23H21NO4S. The number of para-hydroxylation sites is 1. The van der Waals surface area contributed by atoms with Gasteiger partial charge in [0.25, 0.3) is 10.0 Å². The Morgan fingerprint density at radius 2 is 1.62 bits per heavy atom. The second-order valence-electron chi connectivity index (χ2n) is 6.41. The maximum absolute atomic E-state index is 12.7. The van der Waals surface area contributed by atoms with Crippen LogP contribution in [0.5, 0.6) is 5.75 Å². The van der Waals surface area contributed by atoms with Crippen molar-refractivity contribution in [2.24, 2.45) is 0 Å². The Morgan fingerprint density at radius 3 is 2.28 bits per heavy atom. The van der Waals surface area contributed by atoms with Crippen molar-refractivity contribution < 1.29 is 18.3 Å². The highest BCUT2D eigenvalue weighted by Crippen LogP contribution is 2.25. The van der Waals surface area contributed by atoms with Crippen LogP contribution in [-0.2, 0) is 10.0 Å². The lowest BCUT2D eigenvalue weighted by Gasteiger charge is -2.14. The van der Waals surface area contributed by atoms with Gasteiger partial charge in [-0.05, 0) is 49.4 Å². The van der Waals surface area contributed by atoms with Crippen molar-refractivity contribution in [3.63, 3.8) is 0 Å². The second kappa shape index (κ2) is 8.82. The summed E-state index contributed by atoms with van der Waals surface area (Å²) in [6.07, 6.45) is -1.16. The predicted molar refractivity (Wildman–Crippen MR) is 113 cm³/mol. The molecule has 148 valence electrons. The van der Waals surface area contributed by atoms with Crippen LogP contribution >= 0.6 is 0 Å². The van der Waals surface area contributed by atoms with Gasteiger partial charge in [0.2, 0.25) is 0 Å². The van der Waals surface area contributed by atoms with E-state index in [0.717, 1.165) is 5.56 Å². The van der Waals surface area contributed by atoms with Gasteiger partial charge in [0, 0.05) is 11.1 Å². The minimum Gasteiger partial charge on any atom is -0.497 e. The minimum absolute atomic E-state index is 0.150. The van der Waals surface area contributed by atoms with E-state index in [-0.39, 0.29) is 10.6 Å². The van der Waals surface area contributed by atoms with Gasteiger partial charge in [-0.3, -0.25) is 4.72 Å². The van der Waals surface area contributed by atoms with Crippen molar-refractivity contribution in [3.8, 4) is 17.6 Å². The van der Waals surface area contributed by atoms with Gasteiger partial charge in [-0.15, -0.1) is 0 Å². The molecule has 5 nitrogen and oxygen atoms in total. The van der Waals surface area contributed by atoms with Crippen LogP contribution < -0.4 is 9.46 Å². The van der Waals surface area contributed by atoms with Crippen LogP contribution in [0.25, 0.3) is 0 Å². The number of nitrogens with one attached hydrogen (secondary N) is 1. The molecule has 0 heterocycles. The van der Waals surface area contributed by atoms with Crippen LogP contribution in [0.2, 0.25) is 0 Å². The van der Waals surface area contributed by atoms with Gasteiger partial charge in [-0.2, -0.15) is 0 Å². The SMILES string of the molecule is COc1ccc(C#CC(O)c2ccccc2NS(=O)(=O)c2ccc(C)cc2)cc1. The molecular weight excluding hydrogens is 386 g/mol. The molecule has 2 N–H and O–H groups in total. The first-order chi connectivity index (χ1) is 13.9. The van der Waals surface area contributed by atoms with E-state index in [0.29, 0.717) is 16.9 Å². The highest BCUT2D eigenvalue weighted by atomic mass is 32.2. The number of methoxy groups -OCH3 is 1. The number of hydrogen-bond donors (Lipinski definition) is 2. The monoisotopic (exact) mass is 407 g/mol. The van der Waals surface area contributed by atoms with Crippen LogP contribution in [-0.4, -0.2) is 20.6 Å². The van der Waals surface area contributed by atoms with Gasteiger partial charge < -0.3 is 9.84 Å². The topological polar surface area (TPSA) is 75.6 Å². The quantitative estimate of drug-likeness (QED) is 0.629. The van der Waals surface area contributed by atoms with E-state index in [1.54, 1.807) is 79.9 Å². The number of rotatable bonds is 5. The van der Waals surface area contributed by atoms with Crippen molar-refractivity contribution in [3.05, 3.63) is 89.5 Å². The van der Waals surface area contributed by atoms with Gasteiger partial charge >= 0.3 is 0 Å². The summed E-state index contributed by atoms with van der Waals surface area (Å²) in [5.74, 6) is 6.36. The Bertz CT molecular complexity index is 1140. The van der Waals surface area contributed by atoms with Gasteiger partial charge in [-0.1, -0.05) is 47.7 Å². The molecule has 0 aliphatic carbocycles. The minimum atomic E-state index is -3.78. The Kier molecular flexibility index (Phi) is 6.23. The zero-order valence-corrected chi connectivity index (χ0v) is 16.9. The number of sulfonamides is 1. The highest BCUT2D eigenvalue weighted by Gasteiger charge is 2.18. The fourth-order valence-electron chi connectivity index (χ4n) is 2.65. The van der Waals surface area contributed by atoms with E-state index in [4.69, 9.17) is 4.74 Å². The fraction of sp³-hybridized carbons (Fsp3) is 0.130. The van der Waals surface area contributed by atoms with Crippen LogP contribution in [0.1, 0.15) is 22.8 Å². The van der Waals surface area contributed by atoms with Gasteiger partial charge in [0.15, 0.2) is 0 Å². The van der Waals surface area contributed by atoms with Crippen LogP contribution in [0, 0.1) is 18.8 Å². The smallest absolute Gasteiger partial charge is 0.261 e. The molecule has 3 aromatic carbocycles. The number of aryl methyl sites for hydroxylation is 1. The molecule has 1 atom stereocenters. The lowest BCUT2D eigenvalue weighted by Crippen LogP contribution is -2.15. The number of hydrogen-bond acceptors (Lipinski definition) is 4. The van der Waals surface area contributed by atoms with E-state index in [9.17, 15) is 13.5 Å². The molecule has 0 amide bonds. The molecule has 0 aromatic heterocycles. The summed E-state index contributed by atoms with van der Waals surface area (Å²) in [4.78, 5) is 0.150. The third-order valence-electron chi connectivity index (χ3n) is 4.27. The van der Waals surface area contributed by atoms with Crippen molar-refractivity contribution in [1.29, 1.82) is 0 Å². The summed E-state index contributed by atoms with van der Waals surface area (Å²) in [5, 5.41) is 10.5.